The second-order valence-electron chi connectivity index (χ2n) is 3.72. The van der Waals surface area contributed by atoms with Crippen molar-refractivity contribution in [3.63, 3.8) is 0 Å². The van der Waals surface area contributed by atoms with Crippen LogP contribution in [0.25, 0.3) is 0 Å². The number of sulfonamides is 1. The molecule has 8 heteroatoms. The third kappa shape index (κ3) is 4.56. The number of hydrogen-bond acceptors (Lipinski definition) is 4. The van der Waals surface area contributed by atoms with Crippen LogP contribution in [-0.4, -0.2) is 31.2 Å². The average molecular weight is 311 g/mol. The molecule has 18 heavy (non-hydrogen) atoms. The van der Waals surface area contributed by atoms with Crippen LogP contribution in [0.4, 0.5) is 5.69 Å². The minimum Gasteiger partial charge on any atom is -0.399 e. The second kappa shape index (κ2) is 6.51. The predicted molar refractivity (Wildman–Crippen MR) is 74.6 cm³/mol. The summed E-state index contributed by atoms with van der Waals surface area (Å²) >= 11 is 5.82. The fraction of sp³-hybridized carbons (Fsp3) is 0.400. The van der Waals surface area contributed by atoms with Gasteiger partial charge in [-0.15, -0.1) is 0 Å². The lowest BCUT2D eigenvalue weighted by molar-refractivity contribution is 0.581. The van der Waals surface area contributed by atoms with Gasteiger partial charge in [-0.2, -0.15) is 0 Å². The highest BCUT2D eigenvalue weighted by atomic mass is 35.5. The summed E-state index contributed by atoms with van der Waals surface area (Å²) in [6.45, 7) is 0.215. The molecule has 0 aliphatic rings. The van der Waals surface area contributed by atoms with Gasteiger partial charge in [0.25, 0.3) is 0 Å². The third-order valence-electron chi connectivity index (χ3n) is 2.15. The minimum absolute atomic E-state index is 0.0400. The summed E-state index contributed by atoms with van der Waals surface area (Å²) in [6, 6.07) is 4.27. The van der Waals surface area contributed by atoms with Crippen LogP contribution in [-0.2, 0) is 20.8 Å². The van der Waals surface area contributed by atoms with E-state index in [1.54, 1.807) is 6.26 Å². The predicted octanol–water partition coefficient (Wildman–Crippen LogP) is 0.969. The zero-order valence-electron chi connectivity index (χ0n) is 9.85. The number of hydrogen-bond donors (Lipinski definition) is 2. The molecule has 0 amide bonds. The summed E-state index contributed by atoms with van der Waals surface area (Å²) in [5.74, 6) is 0.452. The van der Waals surface area contributed by atoms with E-state index < -0.39 is 20.8 Å². The van der Waals surface area contributed by atoms with Crippen LogP contribution in [0.3, 0.4) is 0 Å². The van der Waals surface area contributed by atoms with Crippen molar-refractivity contribution in [2.75, 3.05) is 24.3 Å². The van der Waals surface area contributed by atoms with Crippen LogP contribution in [0.1, 0.15) is 6.42 Å². The molecule has 0 fully saturated rings. The fourth-order valence-electron chi connectivity index (χ4n) is 1.29. The van der Waals surface area contributed by atoms with Crippen molar-refractivity contribution in [2.24, 2.45) is 0 Å². The maximum atomic E-state index is 11.9. The highest BCUT2D eigenvalue weighted by Crippen LogP contribution is 2.23. The summed E-state index contributed by atoms with van der Waals surface area (Å²) in [5.41, 5.74) is 5.86. The highest BCUT2D eigenvalue weighted by Gasteiger charge is 2.17. The van der Waals surface area contributed by atoms with Crippen LogP contribution < -0.4 is 10.5 Å². The van der Waals surface area contributed by atoms with E-state index >= 15 is 0 Å². The molecule has 0 aliphatic carbocycles. The van der Waals surface area contributed by atoms with E-state index in [9.17, 15) is 12.6 Å². The first kappa shape index (κ1) is 15.4. The second-order valence-corrected chi connectivity index (χ2v) is 7.42. The van der Waals surface area contributed by atoms with Crippen LogP contribution in [0.5, 0.6) is 0 Å². The molecule has 0 heterocycles. The zero-order chi connectivity index (χ0) is 13.8. The number of halogens is 1. The van der Waals surface area contributed by atoms with E-state index in [1.807, 2.05) is 0 Å². The first-order valence-corrected chi connectivity index (χ1v) is 8.76. The summed E-state index contributed by atoms with van der Waals surface area (Å²) in [7, 11) is -4.60. The monoisotopic (exact) mass is 310 g/mol. The molecule has 0 radical (unpaired) electrons. The van der Waals surface area contributed by atoms with Crippen molar-refractivity contribution in [2.45, 2.75) is 11.3 Å². The summed E-state index contributed by atoms with van der Waals surface area (Å²) in [4.78, 5) is -0.0400. The van der Waals surface area contributed by atoms with Crippen molar-refractivity contribution in [1.82, 2.24) is 4.72 Å². The third-order valence-corrected chi connectivity index (χ3v) is 4.95. The molecule has 102 valence electrons. The van der Waals surface area contributed by atoms with E-state index in [2.05, 4.69) is 4.72 Å². The van der Waals surface area contributed by atoms with Crippen LogP contribution in [0.15, 0.2) is 23.1 Å². The Balaban J connectivity index is 2.74. The Bertz CT molecular complexity index is 546. The lowest BCUT2D eigenvalue weighted by Crippen LogP contribution is -2.26. The molecular weight excluding hydrogens is 296 g/mol. The van der Waals surface area contributed by atoms with Crippen molar-refractivity contribution in [3.8, 4) is 0 Å². The van der Waals surface area contributed by atoms with Gasteiger partial charge in [-0.05, 0) is 24.6 Å². The molecular formula is C10H15ClN2O3S2. The Kier molecular flexibility index (Phi) is 5.58. The first-order chi connectivity index (χ1) is 8.33. The maximum Gasteiger partial charge on any atom is 0.242 e. The Labute approximate surface area is 114 Å². The molecule has 0 saturated carbocycles. The summed E-state index contributed by atoms with van der Waals surface area (Å²) in [6.07, 6.45) is 2.07. The Hall–Kier alpha value is -0.630. The van der Waals surface area contributed by atoms with Crippen LogP contribution in [0.2, 0.25) is 5.02 Å². The Morgan fingerprint density at radius 1 is 1.44 bits per heavy atom. The van der Waals surface area contributed by atoms with Gasteiger partial charge in [-0.3, -0.25) is 4.21 Å². The minimum atomic E-state index is -3.67. The van der Waals surface area contributed by atoms with E-state index in [0.717, 1.165) is 0 Å². The van der Waals surface area contributed by atoms with Crippen molar-refractivity contribution >= 4 is 38.1 Å². The topological polar surface area (TPSA) is 89.3 Å². The van der Waals surface area contributed by atoms with E-state index in [1.165, 1.54) is 18.2 Å². The first-order valence-electron chi connectivity index (χ1n) is 5.17. The molecule has 3 N–H and O–H groups in total. The smallest absolute Gasteiger partial charge is 0.242 e. The van der Waals surface area contributed by atoms with Gasteiger partial charge in [0.2, 0.25) is 10.0 Å². The van der Waals surface area contributed by atoms with Crippen molar-refractivity contribution in [1.29, 1.82) is 0 Å². The normalized spacial score (nSPS) is 13.4. The molecule has 1 aromatic carbocycles. The molecule has 1 aromatic rings. The number of nitrogens with one attached hydrogen (secondary N) is 1. The van der Waals surface area contributed by atoms with Gasteiger partial charge in [0.05, 0.1) is 5.02 Å². The van der Waals surface area contributed by atoms with Gasteiger partial charge in [-0.1, -0.05) is 11.6 Å². The molecule has 0 aromatic heterocycles. The van der Waals surface area contributed by atoms with Crippen LogP contribution >= 0.6 is 11.6 Å². The molecule has 0 bridgehead atoms. The molecule has 5 nitrogen and oxygen atoms in total. The van der Waals surface area contributed by atoms with Gasteiger partial charge < -0.3 is 5.73 Å². The van der Waals surface area contributed by atoms with Gasteiger partial charge in [0, 0.05) is 35.0 Å². The molecule has 1 rings (SSSR count). The average Bonchev–Trinajstić information content (AvgIpc) is 2.27. The Morgan fingerprint density at radius 2 is 2.11 bits per heavy atom. The number of anilines is 1. The molecule has 1 unspecified atom stereocenters. The molecule has 0 saturated heterocycles. The van der Waals surface area contributed by atoms with Gasteiger partial charge in [-0.25, -0.2) is 13.1 Å². The SMILES string of the molecule is CS(=O)CCCNS(=O)(=O)c1cc(N)ccc1Cl. The van der Waals surface area contributed by atoms with E-state index in [4.69, 9.17) is 17.3 Å². The zero-order valence-corrected chi connectivity index (χ0v) is 12.2. The van der Waals surface area contributed by atoms with E-state index in [0.29, 0.717) is 17.9 Å². The standard InChI is InChI=1S/C10H15ClN2O3S2/c1-17(14)6-2-5-13-18(15,16)10-7-8(12)3-4-9(10)11/h3-4,7,13H,2,5-6,12H2,1H3. The summed E-state index contributed by atoms with van der Waals surface area (Å²) < 4.78 is 37.1. The number of rotatable bonds is 6. The highest BCUT2D eigenvalue weighted by molar-refractivity contribution is 7.89. The molecule has 0 aliphatic heterocycles. The van der Waals surface area contributed by atoms with E-state index in [-0.39, 0.29) is 16.5 Å². The quantitative estimate of drug-likeness (QED) is 0.605. The van der Waals surface area contributed by atoms with Gasteiger partial charge in [0.1, 0.15) is 4.90 Å². The molecule has 1 atom stereocenters. The summed E-state index contributed by atoms with van der Waals surface area (Å²) in [5, 5.41) is 0.121. The lowest BCUT2D eigenvalue weighted by Gasteiger charge is -2.08. The van der Waals surface area contributed by atoms with Gasteiger partial charge >= 0.3 is 0 Å². The maximum absolute atomic E-state index is 11.9. The Morgan fingerprint density at radius 3 is 2.72 bits per heavy atom. The largest absolute Gasteiger partial charge is 0.399 e. The fourth-order valence-corrected chi connectivity index (χ4v) is 3.44. The number of nitrogens with two attached hydrogens (primary N) is 1. The van der Waals surface area contributed by atoms with Gasteiger partial charge in [0.15, 0.2) is 0 Å². The van der Waals surface area contributed by atoms with Crippen molar-refractivity contribution in [3.05, 3.63) is 23.2 Å². The van der Waals surface area contributed by atoms with Crippen molar-refractivity contribution < 1.29 is 12.6 Å². The number of nitrogen functional groups attached to an aromatic ring is 1. The number of benzene rings is 1. The molecule has 0 spiro atoms. The van der Waals surface area contributed by atoms with Crippen LogP contribution in [0, 0.1) is 0 Å². The lowest BCUT2D eigenvalue weighted by atomic mass is 10.3.